The lowest BCUT2D eigenvalue weighted by molar-refractivity contribution is -0.137. The Balaban J connectivity index is 2.27. The zero-order valence-corrected chi connectivity index (χ0v) is 12.0. The number of hydrogen-bond acceptors (Lipinski definition) is 3. The molecule has 1 heterocycles. The van der Waals surface area contributed by atoms with E-state index in [1.165, 1.54) is 25.4 Å². The molecular weight excluding hydrogens is 321 g/mol. The fourth-order valence-corrected chi connectivity index (χ4v) is 1.85. The Morgan fingerprint density at radius 2 is 2.05 bits per heavy atom. The van der Waals surface area contributed by atoms with Crippen LogP contribution in [-0.4, -0.2) is 18.0 Å². The lowest BCUT2D eigenvalue weighted by atomic mass is 10.1. The van der Waals surface area contributed by atoms with Gasteiger partial charge in [0.25, 0.3) is 5.91 Å². The molecule has 116 valence electrons. The van der Waals surface area contributed by atoms with E-state index in [1.54, 1.807) is 0 Å². The van der Waals surface area contributed by atoms with Gasteiger partial charge >= 0.3 is 6.18 Å². The van der Waals surface area contributed by atoms with Crippen LogP contribution in [0.2, 0.25) is 5.15 Å². The highest BCUT2D eigenvalue weighted by molar-refractivity contribution is 6.29. The molecule has 2 rings (SSSR count). The van der Waals surface area contributed by atoms with Crippen molar-refractivity contribution < 1.29 is 22.7 Å². The van der Waals surface area contributed by atoms with Crippen molar-refractivity contribution in [3.05, 3.63) is 52.8 Å². The molecule has 0 unspecified atom stereocenters. The first-order valence-corrected chi connectivity index (χ1v) is 6.37. The van der Waals surface area contributed by atoms with Crippen molar-refractivity contribution >= 4 is 23.2 Å². The Kier molecular flexibility index (Phi) is 4.56. The Morgan fingerprint density at radius 1 is 1.32 bits per heavy atom. The van der Waals surface area contributed by atoms with Crippen LogP contribution >= 0.6 is 11.6 Å². The van der Waals surface area contributed by atoms with Gasteiger partial charge in [-0.1, -0.05) is 17.7 Å². The van der Waals surface area contributed by atoms with E-state index in [-0.39, 0.29) is 22.2 Å². The minimum Gasteiger partial charge on any atom is -0.494 e. The van der Waals surface area contributed by atoms with Crippen LogP contribution in [0.3, 0.4) is 0 Å². The largest absolute Gasteiger partial charge is 0.494 e. The van der Waals surface area contributed by atoms with Crippen molar-refractivity contribution in [2.75, 3.05) is 12.4 Å². The van der Waals surface area contributed by atoms with E-state index < -0.39 is 17.6 Å². The standard InChI is InChI=1S/C14H10ClF3N2O2/c1-22-11-6-12(15)19-7-10(11)20-13(21)8-3-2-4-9(5-8)14(16,17)18/h2-7H,1H3,(H,20,21). The maximum atomic E-state index is 12.6. The van der Waals surface area contributed by atoms with Crippen LogP contribution in [0.4, 0.5) is 18.9 Å². The third-order valence-corrected chi connectivity index (χ3v) is 2.96. The second-order valence-corrected chi connectivity index (χ2v) is 4.63. The average Bonchev–Trinajstić information content (AvgIpc) is 2.48. The Bertz CT molecular complexity index is 705. The molecule has 22 heavy (non-hydrogen) atoms. The number of anilines is 1. The minimum absolute atomic E-state index is 0.133. The van der Waals surface area contributed by atoms with E-state index in [0.29, 0.717) is 0 Å². The Labute approximate surface area is 128 Å². The topological polar surface area (TPSA) is 51.2 Å². The molecule has 0 saturated heterocycles. The first-order chi connectivity index (χ1) is 10.3. The van der Waals surface area contributed by atoms with Gasteiger partial charge in [0.15, 0.2) is 0 Å². The molecule has 1 aromatic carbocycles. The summed E-state index contributed by atoms with van der Waals surface area (Å²) in [5, 5.41) is 2.59. The van der Waals surface area contributed by atoms with Gasteiger partial charge in [0.05, 0.1) is 18.9 Å². The van der Waals surface area contributed by atoms with Crippen LogP contribution in [0.15, 0.2) is 36.5 Å². The zero-order chi connectivity index (χ0) is 16.3. The smallest absolute Gasteiger partial charge is 0.416 e. The average molecular weight is 331 g/mol. The first kappa shape index (κ1) is 16.1. The van der Waals surface area contributed by atoms with Crippen LogP contribution in [0.5, 0.6) is 5.75 Å². The molecule has 0 radical (unpaired) electrons. The van der Waals surface area contributed by atoms with Crippen LogP contribution < -0.4 is 10.1 Å². The molecule has 0 aliphatic rings. The molecule has 1 N–H and O–H groups in total. The summed E-state index contributed by atoms with van der Waals surface area (Å²) >= 11 is 5.69. The number of methoxy groups -OCH3 is 1. The highest BCUT2D eigenvalue weighted by Crippen LogP contribution is 2.30. The second kappa shape index (κ2) is 6.23. The van der Waals surface area contributed by atoms with Crippen molar-refractivity contribution in [3.8, 4) is 5.75 Å². The molecule has 0 bridgehead atoms. The number of pyridine rings is 1. The third-order valence-electron chi connectivity index (χ3n) is 2.75. The van der Waals surface area contributed by atoms with Gasteiger partial charge in [0, 0.05) is 11.6 Å². The van der Waals surface area contributed by atoms with E-state index in [4.69, 9.17) is 16.3 Å². The first-order valence-electron chi connectivity index (χ1n) is 5.99. The van der Waals surface area contributed by atoms with Gasteiger partial charge in [-0.2, -0.15) is 13.2 Å². The predicted octanol–water partition coefficient (Wildman–Crippen LogP) is 4.01. The molecule has 0 aliphatic carbocycles. The number of benzene rings is 1. The second-order valence-electron chi connectivity index (χ2n) is 4.24. The van der Waals surface area contributed by atoms with E-state index in [1.807, 2.05) is 0 Å². The summed E-state index contributed by atoms with van der Waals surface area (Å²) < 4.78 is 43.0. The number of ether oxygens (including phenoxy) is 1. The van der Waals surface area contributed by atoms with Crippen LogP contribution in [0, 0.1) is 0 Å². The number of nitrogens with one attached hydrogen (secondary N) is 1. The number of carbonyl (C=O) groups excluding carboxylic acids is 1. The van der Waals surface area contributed by atoms with Crippen molar-refractivity contribution in [3.63, 3.8) is 0 Å². The zero-order valence-electron chi connectivity index (χ0n) is 11.2. The Hall–Kier alpha value is -2.28. The van der Waals surface area contributed by atoms with Gasteiger partial charge in [-0.15, -0.1) is 0 Å². The molecule has 0 aliphatic heterocycles. The highest BCUT2D eigenvalue weighted by atomic mass is 35.5. The number of halogens is 4. The third kappa shape index (κ3) is 3.67. The maximum absolute atomic E-state index is 12.6. The molecule has 0 spiro atoms. The highest BCUT2D eigenvalue weighted by Gasteiger charge is 2.30. The van der Waals surface area contributed by atoms with Gasteiger partial charge in [0.1, 0.15) is 16.6 Å². The minimum atomic E-state index is -4.52. The summed E-state index contributed by atoms with van der Waals surface area (Å²) in [5.41, 5.74) is -0.831. The summed E-state index contributed by atoms with van der Waals surface area (Å²) in [6.07, 6.45) is -3.26. The maximum Gasteiger partial charge on any atom is 0.416 e. The summed E-state index contributed by atoms with van der Waals surface area (Å²) in [5.74, 6) is -0.464. The van der Waals surface area contributed by atoms with Crippen LogP contribution in [0.25, 0.3) is 0 Å². The van der Waals surface area contributed by atoms with Crippen molar-refractivity contribution in [2.24, 2.45) is 0 Å². The quantitative estimate of drug-likeness (QED) is 0.865. The number of hydrogen-bond donors (Lipinski definition) is 1. The number of nitrogens with zero attached hydrogens (tertiary/aromatic N) is 1. The summed E-state index contributed by atoms with van der Waals surface area (Å²) in [6.45, 7) is 0. The SMILES string of the molecule is COc1cc(Cl)ncc1NC(=O)c1cccc(C(F)(F)F)c1. The van der Waals surface area contributed by atoms with Crippen molar-refractivity contribution in [1.29, 1.82) is 0 Å². The van der Waals surface area contributed by atoms with Gasteiger partial charge in [-0.05, 0) is 18.2 Å². The van der Waals surface area contributed by atoms with Gasteiger partial charge < -0.3 is 10.1 Å². The van der Waals surface area contributed by atoms with Crippen molar-refractivity contribution in [2.45, 2.75) is 6.18 Å². The van der Waals surface area contributed by atoms with E-state index >= 15 is 0 Å². The summed E-state index contributed by atoms with van der Waals surface area (Å²) in [6, 6.07) is 5.48. The fraction of sp³-hybridized carbons (Fsp3) is 0.143. The number of carbonyl (C=O) groups is 1. The predicted molar refractivity (Wildman–Crippen MR) is 75.2 cm³/mol. The van der Waals surface area contributed by atoms with Gasteiger partial charge in [-0.25, -0.2) is 4.98 Å². The van der Waals surface area contributed by atoms with E-state index in [0.717, 1.165) is 18.2 Å². The fourth-order valence-electron chi connectivity index (χ4n) is 1.71. The lowest BCUT2D eigenvalue weighted by Crippen LogP contribution is -2.14. The molecule has 2 aromatic rings. The lowest BCUT2D eigenvalue weighted by Gasteiger charge is -2.11. The number of aromatic nitrogens is 1. The van der Waals surface area contributed by atoms with Gasteiger partial charge in [0.2, 0.25) is 0 Å². The molecule has 0 fully saturated rings. The Morgan fingerprint density at radius 3 is 2.68 bits per heavy atom. The molecular formula is C14H10ClF3N2O2. The molecule has 1 amide bonds. The molecule has 8 heteroatoms. The monoisotopic (exact) mass is 330 g/mol. The van der Waals surface area contributed by atoms with Crippen molar-refractivity contribution in [1.82, 2.24) is 4.98 Å². The molecule has 0 atom stereocenters. The number of alkyl halides is 3. The molecule has 0 saturated carbocycles. The van der Waals surface area contributed by atoms with Crippen LogP contribution in [0.1, 0.15) is 15.9 Å². The molecule has 4 nitrogen and oxygen atoms in total. The van der Waals surface area contributed by atoms with E-state index in [9.17, 15) is 18.0 Å². The van der Waals surface area contributed by atoms with Gasteiger partial charge in [-0.3, -0.25) is 4.79 Å². The summed E-state index contributed by atoms with van der Waals surface area (Å²) in [4.78, 5) is 15.8. The summed E-state index contributed by atoms with van der Waals surface area (Å²) in [7, 11) is 1.37. The normalized spacial score (nSPS) is 11.1. The number of rotatable bonds is 3. The van der Waals surface area contributed by atoms with Crippen LogP contribution in [-0.2, 0) is 6.18 Å². The van der Waals surface area contributed by atoms with E-state index in [2.05, 4.69) is 10.3 Å². The number of amides is 1. The molecule has 1 aromatic heterocycles.